The average Bonchev–Trinajstić information content (AvgIpc) is 3.37. The fourth-order valence-corrected chi connectivity index (χ4v) is 2.73. The van der Waals surface area contributed by atoms with Gasteiger partial charge in [-0.05, 0) is 30.5 Å². The minimum absolute atomic E-state index is 0.195. The molecule has 1 aromatic rings. The molecule has 1 aromatic carbocycles. The molecule has 0 bridgehead atoms. The topological polar surface area (TPSA) is 119 Å². The van der Waals surface area contributed by atoms with Crippen LogP contribution < -0.4 is 5.32 Å². The predicted octanol–water partition coefficient (Wildman–Crippen LogP) is -0.906. The number of aliphatic hydroxyl groups is 4. The summed E-state index contributed by atoms with van der Waals surface area (Å²) in [7, 11) is 0. The number of ether oxygens (including phenoxy) is 1. The first-order valence-electron chi connectivity index (χ1n) is 7.72. The molecule has 0 spiro atoms. The van der Waals surface area contributed by atoms with E-state index in [-0.39, 0.29) is 11.9 Å². The minimum Gasteiger partial charge on any atom is -0.394 e. The largest absolute Gasteiger partial charge is 0.394 e. The van der Waals surface area contributed by atoms with Gasteiger partial charge in [-0.2, -0.15) is 0 Å². The molecule has 1 saturated carbocycles. The molecule has 0 aromatic heterocycles. The fourth-order valence-electron chi connectivity index (χ4n) is 2.73. The van der Waals surface area contributed by atoms with Crippen molar-refractivity contribution in [2.75, 3.05) is 6.61 Å². The van der Waals surface area contributed by atoms with E-state index in [9.17, 15) is 25.2 Å². The van der Waals surface area contributed by atoms with Crippen LogP contribution in [-0.2, 0) is 4.74 Å². The van der Waals surface area contributed by atoms with Gasteiger partial charge in [0.05, 0.1) is 6.61 Å². The van der Waals surface area contributed by atoms with Gasteiger partial charge in [0, 0.05) is 11.6 Å². The molecule has 5 N–H and O–H groups in total. The number of benzene rings is 1. The lowest BCUT2D eigenvalue weighted by molar-refractivity contribution is -0.231. The number of carbonyl (C=O) groups excluding carboxylic acids is 1. The van der Waals surface area contributed by atoms with Gasteiger partial charge >= 0.3 is 0 Å². The first-order valence-corrected chi connectivity index (χ1v) is 7.72. The van der Waals surface area contributed by atoms with Crippen molar-refractivity contribution in [2.24, 2.45) is 0 Å². The molecule has 1 aliphatic heterocycles. The molecule has 7 heteroatoms. The van der Waals surface area contributed by atoms with Crippen molar-refractivity contribution in [1.82, 2.24) is 5.32 Å². The van der Waals surface area contributed by atoms with Crippen LogP contribution >= 0.6 is 0 Å². The van der Waals surface area contributed by atoms with Crippen molar-refractivity contribution in [2.45, 2.75) is 49.4 Å². The SMILES string of the molecule is O=C(NC1CC1)c1cccc([C@H]2O[C@H](CO)[C@@H](O)[C@H](O)[C@@H]2O)c1. The van der Waals surface area contributed by atoms with E-state index >= 15 is 0 Å². The van der Waals surface area contributed by atoms with E-state index in [0.29, 0.717) is 11.1 Å². The first kappa shape index (κ1) is 16.4. The van der Waals surface area contributed by atoms with Crippen molar-refractivity contribution >= 4 is 5.91 Å². The number of aliphatic hydroxyl groups excluding tert-OH is 4. The zero-order valence-corrected chi connectivity index (χ0v) is 12.5. The Labute approximate surface area is 133 Å². The molecule has 0 radical (unpaired) electrons. The summed E-state index contributed by atoms with van der Waals surface area (Å²) < 4.78 is 5.50. The van der Waals surface area contributed by atoms with Crippen molar-refractivity contribution < 1.29 is 30.0 Å². The van der Waals surface area contributed by atoms with Gasteiger partial charge in [-0.25, -0.2) is 0 Å². The van der Waals surface area contributed by atoms with Crippen LogP contribution in [0.2, 0.25) is 0 Å². The van der Waals surface area contributed by atoms with Crippen molar-refractivity contribution in [3.63, 3.8) is 0 Å². The average molecular weight is 323 g/mol. The number of nitrogens with one attached hydrogen (secondary N) is 1. The van der Waals surface area contributed by atoms with E-state index < -0.39 is 37.1 Å². The Balaban J connectivity index is 1.80. The number of rotatable bonds is 4. The van der Waals surface area contributed by atoms with Crippen molar-refractivity contribution in [3.05, 3.63) is 35.4 Å². The number of carbonyl (C=O) groups is 1. The molecular formula is C16H21NO6. The van der Waals surface area contributed by atoms with E-state index in [0.717, 1.165) is 12.8 Å². The molecule has 126 valence electrons. The van der Waals surface area contributed by atoms with Crippen molar-refractivity contribution in [1.29, 1.82) is 0 Å². The summed E-state index contributed by atoms with van der Waals surface area (Å²) in [6.45, 7) is -0.483. The second kappa shape index (κ2) is 6.54. The molecule has 1 amide bonds. The maximum absolute atomic E-state index is 12.1. The number of hydrogen-bond acceptors (Lipinski definition) is 6. The Morgan fingerprint density at radius 1 is 1.17 bits per heavy atom. The molecule has 1 saturated heterocycles. The Morgan fingerprint density at radius 3 is 2.57 bits per heavy atom. The van der Waals surface area contributed by atoms with E-state index in [1.807, 2.05) is 0 Å². The van der Waals surface area contributed by atoms with E-state index in [4.69, 9.17) is 4.74 Å². The summed E-state index contributed by atoms with van der Waals surface area (Å²) in [4.78, 5) is 12.1. The molecule has 3 rings (SSSR count). The smallest absolute Gasteiger partial charge is 0.251 e. The fraction of sp³-hybridized carbons (Fsp3) is 0.562. The number of hydrogen-bond donors (Lipinski definition) is 5. The molecule has 2 aliphatic rings. The van der Waals surface area contributed by atoms with Crippen LogP contribution in [0.4, 0.5) is 0 Å². The van der Waals surface area contributed by atoms with Crippen LogP contribution in [0.5, 0.6) is 0 Å². The Bertz CT molecular complexity index is 573. The first-order chi connectivity index (χ1) is 11.0. The Kier molecular flexibility index (Phi) is 4.65. The highest BCUT2D eigenvalue weighted by atomic mass is 16.5. The molecule has 5 atom stereocenters. The molecule has 1 aliphatic carbocycles. The van der Waals surface area contributed by atoms with Gasteiger partial charge in [0.1, 0.15) is 30.5 Å². The van der Waals surface area contributed by atoms with Gasteiger partial charge in [0.25, 0.3) is 5.91 Å². The van der Waals surface area contributed by atoms with Gasteiger partial charge < -0.3 is 30.5 Å². The summed E-state index contributed by atoms with van der Waals surface area (Å²) in [6.07, 6.45) is -4.12. The summed E-state index contributed by atoms with van der Waals surface area (Å²) in [5.74, 6) is -0.195. The third-order valence-corrected chi connectivity index (χ3v) is 4.28. The zero-order chi connectivity index (χ0) is 16.6. The summed E-state index contributed by atoms with van der Waals surface area (Å²) >= 11 is 0. The van der Waals surface area contributed by atoms with Gasteiger partial charge in [-0.1, -0.05) is 12.1 Å². The van der Waals surface area contributed by atoms with Crippen LogP contribution in [0.3, 0.4) is 0 Å². The van der Waals surface area contributed by atoms with Gasteiger partial charge in [0.2, 0.25) is 0 Å². The lowest BCUT2D eigenvalue weighted by Crippen LogP contribution is -2.55. The second-order valence-electron chi connectivity index (χ2n) is 6.12. The highest BCUT2D eigenvalue weighted by molar-refractivity contribution is 5.94. The van der Waals surface area contributed by atoms with Crippen LogP contribution in [-0.4, -0.2) is 63.4 Å². The van der Waals surface area contributed by atoms with Crippen molar-refractivity contribution in [3.8, 4) is 0 Å². The quantitative estimate of drug-likeness (QED) is 0.490. The van der Waals surface area contributed by atoms with Crippen LogP contribution in [0.1, 0.15) is 34.9 Å². The molecule has 1 heterocycles. The summed E-state index contributed by atoms with van der Waals surface area (Å²) in [6, 6.07) is 6.81. The van der Waals surface area contributed by atoms with E-state index in [2.05, 4.69) is 5.32 Å². The predicted molar refractivity (Wildman–Crippen MR) is 79.7 cm³/mol. The van der Waals surface area contributed by atoms with Gasteiger partial charge in [0.15, 0.2) is 0 Å². The molecular weight excluding hydrogens is 302 g/mol. The highest BCUT2D eigenvalue weighted by Gasteiger charge is 2.44. The minimum atomic E-state index is -1.44. The summed E-state index contributed by atoms with van der Waals surface area (Å²) in [5.41, 5.74) is 0.941. The van der Waals surface area contributed by atoms with Crippen LogP contribution in [0.15, 0.2) is 24.3 Å². The zero-order valence-electron chi connectivity index (χ0n) is 12.5. The molecule has 23 heavy (non-hydrogen) atoms. The molecule has 2 fully saturated rings. The Hall–Kier alpha value is -1.51. The summed E-state index contributed by atoms with van der Waals surface area (Å²) in [5, 5.41) is 41.9. The molecule has 0 unspecified atom stereocenters. The molecule has 7 nitrogen and oxygen atoms in total. The van der Waals surface area contributed by atoms with Gasteiger partial charge in [-0.3, -0.25) is 4.79 Å². The third kappa shape index (κ3) is 3.39. The second-order valence-corrected chi connectivity index (χ2v) is 6.12. The third-order valence-electron chi connectivity index (χ3n) is 4.28. The van der Waals surface area contributed by atoms with E-state index in [1.54, 1.807) is 24.3 Å². The maximum atomic E-state index is 12.1. The monoisotopic (exact) mass is 323 g/mol. The standard InChI is InChI=1S/C16H21NO6/c18-7-11-12(19)13(20)14(21)15(23-11)8-2-1-3-9(6-8)16(22)17-10-4-5-10/h1-3,6,10-15,18-21H,4-5,7H2,(H,17,22)/t11-,12-,13+,14+,15-/m1/s1. The highest BCUT2D eigenvalue weighted by Crippen LogP contribution is 2.32. The maximum Gasteiger partial charge on any atom is 0.251 e. The lowest BCUT2D eigenvalue weighted by atomic mass is 9.90. The lowest BCUT2D eigenvalue weighted by Gasteiger charge is -2.40. The normalized spacial score (nSPS) is 34.2. The van der Waals surface area contributed by atoms with Gasteiger partial charge in [-0.15, -0.1) is 0 Å². The Morgan fingerprint density at radius 2 is 1.91 bits per heavy atom. The van der Waals surface area contributed by atoms with Crippen LogP contribution in [0.25, 0.3) is 0 Å². The van der Waals surface area contributed by atoms with Crippen LogP contribution in [0, 0.1) is 0 Å². The van der Waals surface area contributed by atoms with E-state index in [1.165, 1.54) is 0 Å². The number of amides is 1.